The lowest BCUT2D eigenvalue weighted by atomic mass is 9.87. The standard InChI is InChI=1S/C23H23Cl2FNO2.BrH/c1-27(2)19-9-10-20(27)14-21(13-19)29-22(28)23(26,15-5-3-7-17(24)11-15)16-6-4-8-18(25)12-16;/h3-12,19-21H,13-14H2,1-2H3;1H/q+1;/p-1. The minimum atomic E-state index is -2.50. The van der Waals surface area contributed by atoms with Crippen LogP contribution in [0.4, 0.5) is 4.39 Å². The highest BCUT2D eigenvalue weighted by molar-refractivity contribution is 6.31. The number of hydrogen-bond acceptors (Lipinski definition) is 2. The SMILES string of the molecule is C[N+]1(C)C2C=CC1CC(OC(=O)C(F)(c1cccc(Cl)c1)c1cccc(Cl)c1)C2.[Br-]. The topological polar surface area (TPSA) is 26.3 Å². The second-order valence-electron chi connectivity index (χ2n) is 8.33. The summed E-state index contributed by atoms with van der Waals surface area (Å²) in [5.74, 6) is -0.932. The number of nitrogens with zero attached hydrogens (tertiary/aromatic N) is 1. The number of likely N-dealkylation sites (N-methyl/N-ethyl adjacent to an activating group) is 1. The van der Waals surface area contributed by atoms with Crippen LogP contribution in [-0.2, 0) is 15.2 Å². The molecule has 2 atom stereocenters. The minimum absolute atomic E-state index is 0. The molecule has 7 heteroatoms. The van der Waals surface area contributed by atoms with Crippen molar-refractivity contribution < 1.29 is 35.4 Å². The van der Waals surface area contributed by atoms with Crippen molar-refractivity contribution in [1.82, 2.24) is 0 Å². The van der Waals surface area contributed by atoms with Crippen LogP contribution in [-0.4, -0.2) is 42.7 Å². The Morgan fingerprint density at radius 1 is 1.00 bits per heavy atom. The molecule has 0 spiro atoms. The maximum absolute atomic E-state index is 16.5. The van der Waals surface area contributed by atoms with Gasteiger partial charge < -0.3 is 26.2 Å². The first kappa shape index (κ1) is 23.3. The van der Waals surface area contributed by atoms with Gasteiger partial charge in [0.15, 0.2) is 0 Å². The van der Waals surface area contributed by atoms with Crippen LogP contribution in [0.1, 0.15) is 24.0 Å². The molecule has 2 aromatic carbocycles. The van der Waals surface area contributed by atoms with E-state index in [0.717, 1.165) is 4.48 Å². The summed E-state index contributed by atoms with van der Waals surface area (Å²) in [5, 5.41) is 0.691. The molecule has 2 unspecified atom stereocenters. The maximum Gasteiger partial charge on any atom is 0.353 e. The van der Waals surface area contributed by atoms with Crippen molar-refractivity contribution in [2.45, 2.75) is 36.7 Å². The van der Waals surface area contributed by atoms with Gasteiger partial charge in [-0.2, -0.15) is 0 Å². The average Bonchev–Trinajstić information content (AvgIpc) is 2.84. The molecular weight excluding hydrogens is 492 g/mol. The van der Waals surface area contributed by atoms with Gasteiger partial charge in [0.2, 0.25) is 0 Å². The van der Waals surface area contributed by atoms with E-state index in [-0.39, 0.29) is 46.3 Å². The highest BCUT2D eigenvalue weighted by Crippen LogP contribution is 2.40. The molecule has 0 amide bonds. The third-order valence-electron chi connectivity index (χ3n) is 6.27. The van der Waals surface area contributed by atoms with Crippen molar-refractivity contribution in [2.24, 2.45) is 0 Å². The van der Waals surface area contributed by atoms with Gasteiger partial charge >= 0.3 is 5.97 Å². The first-order valence-electron chi connectivity index (χ1n) is 9.65. The highest BCUT2D eigenvalue weighted by Gasteiger charge is 2.50. The predicted octanol–water partition coefficient (Wildman–Crippen LogP) is 2.30. The molecule has 30 heavy (non-hydrogen) atoms. The molecule has 160 valence electrons. The molecule has 2 heterocycles. The number of rotatable bonds is 4. The summed E-state index contributed by atoms with van der Waals surface area (Å²) in [6, 6.07) is 13.0. The molecule has 3 nitrogen and oxygen atoms in total. The van der Waals surface area contributed by atoms with Gasteiger partial charge in [-0.1, -0.05) is 47.5 Å². The fraction of sp³-hybridized carbons (Fsp3) is 0.348. The molecule has 0 N–H and O–H groups in total. The van der Waals surface area contributed by atoms with Gasteiger partial charge in [-0.05, 0) is 36.4 Å². The summed E-state index contributed by atoms with van der Waals surface area (Å²) in [6.45, 7) is 0. The second kappa shape index (κ2) is 8.62. The Morgan fingerprint density at radius 2 is 1.47 bits per heavy atom. The van der Waals surface area contributed by atoms with Crippen LogP contribution >= 0.6 is 23.2 Å². The number of hydrogen-bond donors (Lipinski definition) is 0. The lowest BCUT2D eigenvalue weighted by Crippen LogP contribution is -3.00. The lowest BCUT2D eigenvalue weighted by Gasteiger charge is -2.44. The zero-order chi connectivity index (χ0) is 20.8. The van der Waals surface area contributed by atoms with Crippen LogP contribution in [0, 0.1) is 0 Å². The van der Waals surface area contributed by atoms with E-state index in [0.29, 0.717) is 22.9 Å². The maximum atomic E-state index is 16.5. The highest BCUT2D eigenvalue weighted by atomic mass is 79.9. The van der Waals surface area contributed by atoms with Gasteiger partial charge in [0.25, 0.3) is 5.67 Å². The predicted molar refractivity (Wildman–Crippen MR) is 113 cm³/mol. The number of benzene rings is 2. The van der Waals surface area contributed by atoms with Crippen LogP contribution < -0.4 is 17.0 Å². The number of halogens is 4. The number of fused-ring (bicyclic) bond motifs is 2. The second-order valence-corrected chi connectivity index (χ2v) is 9.20. The molecule has 0 aromatic heterocycles. The number of piperidine rings is 1. The van der Waals surface area contributed by atoms with Crippen molar-refractivity contribution in [3.05, 3.63) is 81.9 Å². The zero-order valence-corrected chi connectivity index (χ0v) is 19.8. The minimum Gasteiger partial charge on any atom is -1.00 e. The molecule has 1 saturated heterocycles. The fourth-order valence-corrected chi connectivity index (χ4v) is 4.80. The summed E-state index contributed by atoms with van der Waals surface area (Å²) in [5.41, 5.74) is -2.24. The average molecular weight is 515 g/mol. The summed E-state index contributed by atoms with van der Waals surface area (Å²) in [6.07, 6.45) is 5.36. The van der Waals surface area contributed by atoms with Crippen molar-refractivity contribution >= 4 is 29.2 Å². The van der Waals surface area contributed by atoms with Gasteiger partial charge in [-0.25, -0.2) is 9.18 Å². The first-order valence-corrected chi connectivity index (χ1v) is 10.4. The van der Waals surface area contributed by atoms with Gasteiger partial charge in [0, 0.05) is 34.0 Å². The van der Waals surface area contributed by atoms with E-state index >= 15 is 4.39 Å². The Bertz CT molecular complexity index is 918. The molecule has 2 bridgehead atoms. The summed E-state index contributed by atoms with van der Waals surface area (Å²) in [4.78, 5) is 13.2. The Kier molecular flexibility index (Phi) is 6.68. The van der Waals surface area contributed by atoms with Crippen LogP contribution in [0.3, 0.4) is 0 Å². The molecular formula is C23H23BrCl2FNO2. The molecule has 0 aliphatic carbocycles. The monoisotopic (exact) mass is 513 g/mol. The quantitative estimate of drug-likeness (QED) is 0.355. The molecule has 4 rings (SSSR count). The van der Waals surface area contributed by atoms with E-state index in [1.165, 1.54) is 12.1 Å². The Labute approximate surface area is 196 Å². The van der Waals surface area contributed by atoms with E-state index in [9.17, 15) is 4.79 Å². The molecule has 2 aliphatic rings. The normalized spacial score (nSPS) is 24.2. The molecule has 1 fully saturated rings. The zero-order valence-electron chi connectivity index (χ0n) is 16.7. The van der Waals surface area contributed by atoms with Crippen molar-refractivity contribution in [3.8, 4) is 0 Å². The smallest absolute Gasteiger partial charge is 0.353 e. The van der Waals surface area contributed by atoms with Gasteiger partial charge in [-0.3, -0.25) is 0 Å². The van der Waals surface area contributed by atoms with Gasteiger partial charge in [0.05, 0.1) is 14.1 Å². The molecule has 0 saturated carbocycles. The fourth-order valence-electron chi connectivity index (χ4n) is 4.42. The number of esters is 1. The van der Waals surface area contributed by atoms with E-state index in [2.05, 4.69) is 26.2 Å². The Balaban J connectivity index is 0.00000256. The lowest BCUT2D eigenvalue weighted by molar-refractivity contribution is -0.926. The van der Waals surface area contributed by atoms with Crippen LogP contribution in [0.5, 0.6) is 0 Å². The van der Waals surface area contributed by atoms with E-state index in [1.807, 2.05) is 0 Å². The third kappa shape index (κ3) is 4.05. The Morgan fingerprint density at radius 3 is 1.90 bits per heavy atom. The molecule has 2 aromatic rings. The largest absolute Gasteiger partial charge is 1.00 e. The van der Waals surface area contributed by atoms with Crippen LogP contribution in [0.25, 0.3) is 0 Å². The van der Waals surface area contributed by atoms with Crippen molar-refractivity contribution in [3.63, 3.8) is 0 Å². The van der Waals surface area contributed by atoms with Gasteiger partial charge in [-0.15, -0.1) is 0 Å². The van der Waals surface area contributed by atoms with Crippen molar-refractivity contribution in [1.29, 1.82) is 0 Å². The number of alkyl halides is 1. The number of ether oxygens (including phenoxy) is 1. The third-order valence-corrected chi connectivity index (χ3v) is 6.74. The first-order chi connectivity index (χ1) is 13.7. The van der Waals surface area contributed by atoms with E-state index in [4.69, 9.17) is 27.9 Å². The van der Waals surface area contributed by atoms with Crippen LogP contribution in [0.2, 0.25) is 10.0 Å². The van der Waals surface area contributed by atoms with Gasteiger partial charge in [0.1, 0.15) is 18.2 Å². The summed E-state index contributed by atoms with van der Waals surface area (Å²) in [7, 11) is 4.34. The number of carbonyl (C=O) groups is 1. The molecule has 2 aliphatic heterocycles. The molecule has 0 radical (unpaired) electrons. The summed E-state index contributed by atoms with van der Waals surface area (Å²) < 4.78 is 23.1. The summed E-state index contributed by atoms with van der Waals surface area (Å²) >= 11 is 12.2. The van der Waals surface area contributed by atoms with Crippen molar-refractivity contribution in [2.75, 3.05) is 14.1 Å². The number of quaternary nitrogens is 1. The Hall–Kier alpha value is -1.40. The van der Waals surface area contributed by atoms with E-state index < -0.39 is 11.6 Å². The van der Waals surface area contributed by atoms with E-state index in [1.54, 1.807) is 36.4 Å². The number of carbonyl (C=O) groups excluding carboxylic acids is 1. The van der Waals surface area contributed by atoms with Crippen LogP contribution in [0.15, 0.2) is 60.7 Å².